The van der Waals surface area contributed by atoms with Crippen LogP contribution in [0.1, 0.15) is 29.8 Å². The van der Waals surface area contributed by atoms with E-state index in [0.29, 0.717) is 17.1 Å². The number of halogens is 1. The molecule has 0 bridgehead atoms. The molecule has 28 heavy (non-hydrogen) atoms. The smallest absolute Gasteiger partial charge is 0.269 e. The van der Waals surface area contributed by atoms with Gasteiger partial charge in [0.15, 0.2) is 0 Å². The van der Waals surface area contributed by atoms with Gasteiger partial charge in [-0.25, -0.2) is 0 Å². The molecule has 0 aromatic heterocycles. The summed E-state index contributed by atoms with van der Waals surface area (Å²) >= 11 is 5.87. The molecule has 0 fully saturated rings. The third kappa shape index (κ3) is 6.55. The Balaban J connectivity index is 1.79. The van der Waals surface area contributed by atoms with Crippen molar-refractivity contribution in [2.75, 3.05) is 31.6 Å². The van der Waals surface area contributed by atoms with E-state index >= 15 is 0 Å². The fraction of sp³-hybridized carbons (Fsp3) is 0.333. The molecule has 0 radical (unpaired) electrons. The third-order valence-electron chi connectivity index (χ3n) is 4.35. The number of benzene rings is 2. The zero-order chi connectivity index (χ0) is 20.5. The number of nitrogens with one attached hydrogen (secondary N) is 2. The van der Waals surface area contributed by atoms with E-state index in [9.17, 15) is 9.59 Å². The van der Waals surface area contributed by atoms with E-state index in [4.69, 9.17) is 11.6 Å². The number of nitrogens with zero attached hydrogens (tertiary/aromatic N) is 2. The van der Waals surface area contributed by atoms with Crippen molar-refractivity contribution in [1.29, 1.82) is 0 Å². The number of hydrazine groups is 1. The first-order valence-corrected chi connectivity index (χ1v) is 9.67. The van der Waals surface area contributed by atoms with E-state index in [0.717, 1.165) is 24.3 Å². The molecular formula is C21H27ClN4O2. The van der Waals surface area contributed by atoms with Gasteiger partial charge < -0.3 is 4.90 Å². The number of likely N-dealkylation sites (N-methyl/N-ethyl adjacent to an activating group) is 1. The maximum Gasteiger partial charge on any atom is 0.269 e. The molecule has 0 atom stereocenters. The summed E-state index contributed by atoms with van der Waals surface area (Å²) in [4.78, 5) is 28.3. The van der Waals surface area contributed by atoms with Crippen molar-refractivity contribution in [2.45, 2.75) is 20.4 Å². The molecule has 150 valence electrons. The Morgan fingerprint density at radius 2 is 1.54 bits per heavy atom. The maximum absolute atomic E-state index is 12.2. The zero-order valence-corrected chi connectivity index (χ0v) is 17.3. The first kappa shape index (κ1) is 21.7. The fourth-order valence-corrected chi connectivity index (χ4v) is 2.98. The molecule has 6 nitrogen and oxygen atoms in total. The molecule has 2 rings (SSSR count). The number of carbonyl (C=O) groups is 2. The number of hydrogen-bond acceptors (Lipinski definition) is 4. The summed E-state index contributed by atoms with van der Waals surface area (Å²) < 4.78 is 0. The van der Waals surface area contributed by atoms with E-state index in [-0.39, 0.29) is 18.4 Å². The predicted octanol–water partition coefficient (Wildman–Crippen LogP) is 3.08. The molecule has 0 saturated carbocycles. The van der Waals surface area contributed by atoms with Gasteiger partial charge in [-0.05, 0) is 62.9 Å². The molecular weight excluding hydrogens is 376 g/mol. The van der Waals surface area contributed by atoms with Gasteiger partial charge in [-0.2, -0.15) is 0 Å². The quantitative estimate of drug-likeness (QED) is 0.666. The van der Waals surface area contributed by atoms with Crippen molar-refractivity contribution in [2.24, 2.45) is 0 Å². The highest BCUT2D eigenvalue weighted by Gasteiger charge is 2.11. The van der Waals surface area contributed by atoms with Gasteiger partial charge in [-0.3, -0.25) is 25.3 Å². The molecule has 0 heterocycles. The van der Waals surface area contributed by atoms with E-state index in [1.54, 1.807) is 12.1 Å². The summed E-state index contributed by atoms with van der Waals surface area (Å²) in [7, 11) is 1.84. The van der Waals surface area contributed by atoms with Crippen LogP contribution in [0, 0.1) is 0 Å². The molecule has 0 aliphatic heterocycles. The van der Waals surface area contributed by atoms with Gasteiger partial charge in [0.2, 0.25) is 0 Å². The average Bonchev–Trinajstić information content (AvgIpc) is 2.69. The molecule has 7 heteroatoms. The topological polar surface area (TPSA) is 64.7 Å². The molecule has 2 amide bonds. The minimum absolute atomic E-state index is 0.157. The van der Waals surface area contributed by atoms with Gasteiger partial charge in [0, 0.05) is 35.9 Å². The summed E-state index contributed by atoms with van der Waals surface area (Å²) in [5, 5.41) is 0.678. The van der Waals surface area contributed by atoms with Crippen LogP contribution in [0.5, 0.6) is 0 Å². The van der Waals surface area contributed by atoms with Crippen LogP contribution in [0.2, 0.25) is 5.02 Å². The van der Waals surface area contributed by atoms with Crippen LogP contribution < -0.4 is 15.8 Å². The highest BCUT2D eigenvalue weighted by molar-refractivity contribution is 6.30. The van der Waals surface area contributed by atoms with Crippen LogP contribution in [0.15, 0.2) is 48.5 Å². The van der Waals surface area contributed by atoms with Gasteiger partial charge in [0.1, 0.15) is 0 Å². The number of rotatable bonds is 8. The van der Waals surface area contributed by atoms with Crippen molar-refractivity contribution < 1.29 is 9.59 Å². The lowest BCUT2D eigenvalue weighted by Gasteiger charge is -2.21. The van der Waals surface area contributed by atoms with Crippen LogP contribution >= 0.6 is 11.6 Å². The van der Waals surface area contributed by atoms with Gasteiger partial charge in [0.05, 0.1) is 6.54 Å². The third-order valence-corrected chi connectivity index (χ3v) is 4.60. The predicted molar refractivity (Wildman–Crippen MR) is 113 cm³/mol. The molecule has 0 aliphatic rings. The Hall–Kier alpha value is -2.57. The van der Waals surface area contributed by atoms with Crippen LogP contribution in [-0.2, 0) is 11.3 Å². The zero-order valence-electron chi connectivity index (χ0n) is 16.5. The lowest BCUT2D eigenvalue weighted by Crippen LogP contribution is -2.45. The Kier molecular flexibility index (Phi) is 8.29. The van der Waals surface area contributed by atoms with Crippen molar-refractivity contribution in [3.63, 3.8) is 0 Å². The highest BCUT2D eigenvalue weighted by Crippen LogP contribution is 2.14. The number of carbonyl (C=O) groups excluding carboxylic acids is 2. The summed E-state index contributed by atoms with van der Waals surface area (Å²) in [6, 6.07) is 14.8. The maximum atomic E-state index is 12.2. The van der Waals surface area contributed by atoms with Crippen LogP contribution in [0.4, 0.5) is 5.69 Å². The standard InChI is InChI=1S/C21H27ClN4O2/c1-4-26(5-2)19-12-8-17(9-13-19)21(28)24-23-20(27)15-25(3)14-16-6-10-18(22)11-7-16/h6-13H,4-5,14-15H2,1-3H3,(H,23,27)(H,24,28). The molecule has 2 N–H and O–H groups in total. The van der Waals surface area contributed by atoms with Gasteiger partial charge in [-0.15, -0.1) is 0 Å². The summed E-state index contributed by atoms with van der Waals surface area (Å²) in [6.45, 7) is 6.74. The van der Waals surface area contributed by atoms with Gasteiger partial charge in [-0.1, -0.05) is 23.7 Å². The number of amides is 2. The fourth-order valence-electron chi connectivity index (χ4n) is 2.85. The van der Waals surface area contributed by atoms with E-state index < -0.39 is 0 Å². The summed E-state index contributed by atoms with van der Waals surface area (Å²) in [5.41, 5.74) is 7.52. The summed E-state index contributed by atoms with van der Waals surface area (Å²) in [6.07, 6.45) is 0. The van der Waals surface area contributed by atoms with Gasteiger partial charge in [0.25, 0.3) is 11.8 Å². The SMILES string of the molecule is CCN(CC)c1ccc(C(=O)NNC(=O)CN(C)Cc2ccc(Cl)cc2)cc1. The Labute approximate surface area is 171 Å². The summed E-state index contributed by atoms with van der Waals surface area (Å²) in [5.74, 6) is -0.635. The minimum atomic E-state index is -0.347. The largest absolute Gasteiger partial charge is 0.372 e. The number of hydrogen-bond donors (Lipinski definition) is 2. The Bertz CT molecular complexity index is 774. The Morgan fingerprint density at radius 1 is 0.929 bits per heavy atom. The average molecular weight is 403 g/mol. The number of anilines is 1. The molecule has 2 aromatic rings. The van der Waals surface area contributed by atoms with Crippen LogP contribution in [0.3, 0.4) is 0 Å². The molecule has 0 spiro atoms. The van der Waals surface area contributed by atoms with Crippen LogP contribution in [-0.4, -0.2) is 43.4 Å². The van der Waals surface area contributed by atoms with Crippen molar-refractivity contribution in [1.82, 2.24) is 15.8 Å². The lowest BCUT2D eigenvalue weighted by atomic mass is 10.2. The minimum Gasteiger partial charge on any atom is -0.372 e. The molecule has 0 saturated heterocycles. The van der Waals surface area contributed by atoms with E-state index in [1.165, 1.54) is 0 Å². The molecule has 2 aromatic carbocycles. The second-order valence-electron chi connectivity index (χ2n) is 6.52. The van der Waals surface area contributed by atoms with Crippen molar-refractivity contribution >= 4 is 29.1 Å². The van der Waals surface area contributed by atoms with Crippen LogP contribution in [0.25, 0.3) is 0 Å². The highest BCUT2D eigenvalue weighted by atomic mass is 35.5. The monoisotopic (exact) mass is 402 g/mol. The molecule has 0 unspecified atom stereocenters. The first-order valence-electron chi connectivity index (χ1n) is 9.30. The second-order valence-corrected chi connectivity index (χ2v) is 6.96. The normalized spacial score (nSPS) is 10.6. The molecule has 0 aliphatic carbocycles. The lowest BCUT2D eigenvalue weighted by molar-refractivity contribution is -0.122. The van der Waals surface area contributed by atoms with E-state index in [1.807, 2.05) is 48.3 Å². The van der Waals surface area contributed by atoms with E-state index in [2.05, 4.69) is 29.6 Å². The van der Waals surface area contributed by atoms with Crippen molar-refractivity contribution in [3.05, 3.63) is 64.7 Å². The van der Waals surface area contributed by atoms with Gasteiger partial charge >= 0.3 is 0 Å². The first-order chi connectivity index (χ1) is 13.4. The second kappa shape index (κ2) is 10.7. The van der Waals surface area contributed by atoms with Crippen molar-refractivity contribution in [3.8, 4) is 0 Å². The Morgan fingerprint density at radius 3 is 2.11 bits per heavy atom.